The molecule has 4 aromatic carbocycles. The highest BCUT2D eigenvalue weighted by atomic mass is 16.5. The monoisotopic (exact) mass is 851 g/mol. The molecule has 8 rings (SSSR count). The number of fused-ring (bicyclic) bond motifs is 2. The molecule has 0 aliphatic carbocycles. The number of piperidine rings is 2. The summed E-state index contributed by atoms with van der Waals surface area (Å²) in [7, 11) is 0. The van der Waals surface area contributed by atoms with E-state index in [2.05, 4.69) is 157 Å². The van der Waals surface area contributed by atoms with E-state index in [9.17, 15) is 0 Å². The van der Waals surface area contributed by atoms with Crippen LogP contribution in [0.15, 0.2) is 109 Å². The molecule has 0 unspecified atom stereocenters. The molecule has 332 valence electrons. The van der Waals surface area contributed by atoms with Gasteiger partial charge in [0.2, 0.25) is 0 Å². The summed E-state index contributed by atoms with van der Waals surface area (Å²) in [6.45, 7) is 20.0. The number of hydrogen-bond acceptors (Lipinski definition) is 10. The van der Waals surface area contributed by atoms with Crippen LogP contribution >= 0.6 is 0 Å². The summed E-state index contributed by atoms with van der Waals surface area (Å²) < 4.78 is 24.3. The Morgan fingerprint density at radius 3 is 1.48 bits per heavy atom. The second-order valence-corrected chi connectivity index (χ2v) is 17.8. The van der Waals surface area contributed by atoms with Crippen LogP contribution in [0.5, 0.6) is 23.0 Å². The largest absolute Gasteiger partial charge is 0.490 e. The number of ether oxygens (including phenoxy) is 4. The third-order valence-corrected chi connectivity index (χ3v) is 12.1. The first-order chi connectivity index (χ1) is 30.7. The van der Waals surface area contributed by atoms with Crippen molar-refractivity contribution in [2.75, 3.05) is 56.0 Å². The van der Waals surface area contributed by atoms with Gasteiger partial charge in [-0.25, -0.2) is 0 Å². The Hall–Kier alpha value is -5.58. The van der Waals surface area contributed by atoms with Gasteiger partial charge in [0.15, 0.2) is 23.0 Å². The maximum Gasteiger partial charge on any atom is 0.161 e. The minimum absolute atomic E-state index is 0.0832. The Balaban J connectivity index is 1.07. The van der Waals surface area contributed by atoms with Crippen molar-refractivity contribution in [2.45, 2.75) is 98.5 Å². The van der Waals surface area contributed by atoms with Gasteiger partial charge >= 0.3 is 0 Å². The van der Waals surface area contributed by atoms with Crippen LogP contribution in [-0.2, 0) is 13.1 Å². The van der Waals surface area contributed by atoms with Crippen molar-refractivity contribution < 1.29 is 18.9 Å². The van der Waals surface area contributed by atoms with Crippen LogP contribution in [0.1, 0.15) is 78.4 Å². The number of pyridine rings is 2. The van der Waals surface area contributed by atoms with Crippen LogP contribution in [0.2, 0.25) is 0 Å². The molecule has 0 atom stereocenters. The third-order valence-electron chi connectivity index (χ3n) is 12.1. The molecular formula is C53H66N6O4. The molecule has 0 spiro atoms. The molecule has 4 heterocycles. The molecule has 2 saturated heterocycles. The molecule has 0 N–H and O–H groups in total. The van der Waals surface area contributed by atoms with E-state index in [0.29, 0.717) is 25.7 Å². The highest BCUT2D eigenvalue weighted by molar-refractivity contribution is 5.84. The average Bonchev–Trinajstić information content (AvgIpc) is 3.29. The number of para-hydroxylation sites is 2. The second kappa shape index (κ2) is 20.7. The Kier molecular flexibility index (Phi) is 14.5. The predicted molar refractivity (Wildman–Crippen MR) is 256 cm³/mol. The van der Waals surface area contributed by atoms with Crippen molar-refractivity contribution in [1.29, 1.82) is 0 Å². The first-order valence-electron chi connectivity index (χ1n) is 23.3. The van der Waals surface area contributed by atoms with Gasteiger partial charge in [0.1, 0.15) is 0 Å². The number of nitrogens with zero attached hydrogens (tertiary/aromatic N) is 6. The standard InChI is InChI=1S/C53H66N6O4/c1-7-60-52-29-40(17-19-50(52)62-37-38(3)4)35-56-25-21-44(22-26-56)58(46-31-42-13-9-11-15-48(42)54-33-46)59(47-32-43-14-10-12-16-49(43)55-34-47)45-23-27-57(28-24-45)36-41-18-20-51(63-39(5)6)53(30-41)61-8-2/h9-20,29-34,38-39,44-45H,7-8,21-28,35-37H2,1-6H3. The van der Waals surface area contributed by atoms with Crippen LogP contribution in [0.25, 0.3) is 21.8 Å². The van der Waals surface area contributed by atoms with E-state index >= 15 is 0 Å². The number of aromatic nitrogens is 2. The lowest BCUT2D eigenvalue weighted by Crippen LogP contribution is -2.59. The van der Waals surface area contributed by atoms with Crippen molar-refractivity contribution in [3.63, 3.8) is 0 Å². The van der Waals surface area contributed by atoms with Crippen molar-refractivity contribution in [3.05, 3.63) is 121 Å². The van der Waals surface area contributed by atoms with E-state index in [1.165, 1.54) is 11.1 Å². The van der Waals surface area contributed by atoms with Crippen molar-refractivity contribution >= 4 is 33.2 Å². The molecule has 0 radical (unpaired) electrons. The number of anilines is 2. The zero-order valence-electron chi connectivity index (χ0n) is 38.2. The van der Waals surface area contributed by atoms with Crippen LogP contribution in [0.4, 0.5) is 11.4 Å². The second-order valence-electron chi connectivity index (χ2n) is 17.8. The molecule has 2 aliphatic heterocycles. The lowest BCUT2D eigenvalue weighted by Gasteiger charge is -2.50. The van der Waals surface area contributed by atoms with Gasteiger partial charge in [0.25, 0.3) is 0 Å². The quantitative estimate of drug-likeness (QED) is 0.0781. The summed E-state index contributed by atoms with van der Waals surface area (Å²) in [6.07, 6.45) is 8.30. The van der Waals surface area contributed by atoms with Crippen molar-refractivity contribution in [2.24, 2.45) is 5.92 Å². The number of rotatable bonds is 18. The number of likely N-dealkylation sites (tertiary alicyclic amines) is 2. The molecule has 63 heavy (non-hydrogen) atoms. The SMILES string of the molecule is CCOc1cc(CN2CCC(N(c3cnc4ccccc4c3)N(c3cnc4ccccc4c3)C3CCN(Cc4ccc(OC(C)C)c(OCC)c4)CC3)CC2)ccc1OCC(C)C. The predicted octanol–water partition coefficient (Wildman–Crippen LogP) is 11.0. The summed E-state index contributed by atoms with van der Waals surface area (Å²) in [5.74, 6) is 3.72. The van der Waals surface area contributed by atoms with Crippen molar-refractivity contribution in [3.8, 4) is 23.0 Å². The summed E-state index contributed by atoms with van der Waals surface area (Å²) in [5.41, 5.74) is 6.73. The van der Waals surface area contributed by atoms with Gasteiger partial charge < -0.3 is 18.9 Å². The Morgan fingerprint density at radius 1 is 0.556 bits per heavy atom. The van der Waals surface area contributed by atoms with Gasteiger partial charge in [-0.2, -0.15) is 0 Å². The van der Waals surface area contributed by atoms with Crippen molar-refractivity contribution in [1.82, 2.24) is 19.8 Å². The van der Waals surface area contributed by atoms with E-state index in [1.54, 1.807) is 0 Å². The fraction of sp³-hybridized carbons (Fsp3) is 0.434. The van der Waals surface area contributed by atoms with Crippen LogP contribution < -0.4 is 29.0 Å². The average molecular weight is 851 g/mol. The Bertz CT molecular complexity index is 2410. The topological polar surface area (TPSA) is 75.7 Å². The molecule has 2 aromatic heterocycles. The van der Waals surface area contributed by atoms with E-state index < -0.39 is 0 Å². The number of hydrazine groups is 1. The molecule has 0 saturated carbocycles. The minimum Gasteiger partial charge on any atom is -0.490 e. The van der Waals surface area contributed by atoms with Gasteiger partial charge in [-0.05, 0) is 119 Å². The molecular weight excluding hydrogens is 785 g/mol. The summed E-state index contributed by atoms with van der Waals surface area (Å²) in [6, 6.07) is 35.0. The van der Waals surface area contributed by atoms with Gasteiger partial charge in [-0.3, -0.25) is 29.8 Å². The fourth-order valence-electron chi connectivity index (χ4n) is 9.12. The van der Waals surface area contributed by atoms with Gasteiger partial charge in [0, 0.05) is 50.0 Å². The van der Waals surface area contributed by atoms with E-state index in [4.69, 9.17) is 28.9 Å². The van der Waals surface area contributed by atoms with E-state index in [0.717, 1.165) is 121 Å². The number of hydrogen-bond donors (Lipinski definition) is 0. The first-order valence-corrected chi connectivity index (χ1v) is 23.3. The third kappa shape index (κ3) is 11.0. The minimum atomic E-state index is 0.0832. The molecule has 6 aromatic rings. The lowest BCUT2D eigenvalue weighted by molar-refractivity contribution is 0.183. The lowest BCUT2D eigenvalue weighted by atomic mass is 9.99. The van der Waals surface area contributed by atoms with Crippen LogP contribution in [-0.4, -0.2) is 84.0 Å². The summed E-state index contributed by atoms with van der Waals surface area (Å²) >= 11 is 0. The maximum absolute atomic E-state index is 6.13. The summed E-state index contributed by atoms with van der Waals surface area (Å²) in [5, 5.41) is 7.51. The highest BCUT2D eigenvalue weighted by Gasteiger charge is 2.36. The molecule has 2 aliphatic rings. The number of benzene rings is 4. The van der Waals surface area contributed by atoms with E-state index in [1.807, 2.05) is 13.8 Å². The molecule has 0 amide bonds. The zero-order valence-corrected chi connectivity index (χ0v) is 38.2. The molecule has 0 bridgehead atoms. The normalized spacial score (nSPS) is 15.6. The highest BCUT2D eigenvalue weighted by Crippen LogP contribution is 2.37. The van der Waals surface area contributed by atoms with Gasteiger partial charge in [-0.1, -0.05) is 62.4 Å². The maximum atomic E-state index is 6.13. The Morgan fingerprint density at radius 2 is 1.02 bits per heavy atom. The molecule has 10 nitrogen and oxygen atoms in total. The first kappa shape index (κ1) is 44.0. The molecule has 10 heteroatoms. The van der Waals surface area contributed by atoms with Crippen LogP contribution in [0, 0.1) is 5.92 Å². The van der Waals surface area contributed by atoms with Gasteiger partial charge in [0.05, 0.1) is 72.8 Å². The Labute approximate surface area is 374 Å². The smallest absolute Gasteiger partial charge is 0.161 e. The van der Waals surface area contributed by atoms with Gasteiger partial charge in [-0.15, -0.1) is 0 Å². The van der Waals surface area contributed by atoms with Crippen LogP contribution in [0.3, 0.4) is 0 Å². The fourth-order valence-corrected chi connectivity index (χ4v) is 9.12. The van der Waals surface area contributed by atoms with E-state index in [-0.39, 0.29) is 18.2 Å². The zero-order chi connectivity index (χ0) is 43.7. The molecule has 2 fully saturated rings. The summed E-state index contributed by atoms with van der Waals surface area (Å²) in [4.78, 5) is 15.3.